The summed E-state index contributed by atoms with van der Waals surface area (Å²) in [4.78, 5) is 78.0. The van der Waals surface area contributed by atoms with Gasteiger partial charge in [0.25, 0.3) is 0 Å². The second-order valence-electron chi connectivity index (χ2n) is 15.5. The largest absolute Gasteiger partial charge is 0.496 e. The van der Waals surface area contributed by atoms with Crippen molar-refractivity contribution >= 4 is 106 Å². The molecule has 2 aliphatic heterocycles. The molecular formula is C48H46Cl4N4O10S. The van der Waals surface area contributed by atoms with Crippen LogP contribution in [0.1, 0.15) is 36.8 Å². The molecule has 6 rings (SSSR count). The van der Waals surface area contributed by atoms with E-state index in [1.54, 1.807) is 34.1 Å². The van der Waals surface area contributed by atoms with Gasteiger partial charge < -0.3 is 40.1 Å². The Labute approximate surface area is 411 Å². The first-order chi connectivity index (χ1) is 32.1. The molecule has 14 nitrogen and oxygen atoms in total. The zero-order chi connectivity index (χ0) is 48.4. The number of nitrogens with zero attached hydrogens (tertiary/aromatic N) is 2. The van der Waals surface area contributed by atoms with Gasteiger partial charge in [0.1, 0.15) is 24.6 Å². The number of carbonyl (C=O) groups excluding carboxylic acids is 4. The lowest BCUT2D eigenvalue weighted by Gasteiger charge is -2.30. The van der Waals surface area contributed by atoms with Crippen LogP contribution >= 0.6 is 58.2 Å². The summed E-state index contributed by atoms with van der Waals surface area (Å²) in [6.07, 6.45) is 7.46. The minimum Gasteiger partial charge on any atom is -0.496 e. The Bertz CT molecular complexity index is 2450. The van der Waals surface area contributed by atoms with Crippen molar-refractivity contribution in [2.45, 2.75) is 35.5 Å². The summed E-state index contributed by atoms with van der Waals surface area (Å²) in [5.41, 5.74) is 3.35. The number of piperidine rings is 2. The number of benzene rings is 4. The highest BCUT2D eigenvalue weighted by atomic mass is 35.5. The van der Waals surface area contributed by atoms with Gasteiger partial charge in [-0.3, -0.25) is 28.8 Å². The highest BCUT2D eigenvalue weighted by Gasteiger charge is 2.29. The Balaban J connectivity index is 1.32. The number of methoxy groups -OCH3 is 2. The number of aliphatic carboxylic acids is 2. The molecule has 2 saturated heterocycles. The summed E-state index contributed by atoms with van der Waals surface area (Å²) in [7, 11) is 3.08. The number of rotatable bonds is 16. The molecule has 19 heteroatoms. The Morgan fingerprint density at radius 2 is 0.955 bits per heavy atom. The molecular weight excluding hydrogens is 966 g/mol. The van der Waals surface area contributed by atoms with Gasteiger partial charge in [0.2, 0.25) is 23.6 Å². The number of carboxylic acids is 2. The summed E-state index contributed by atoms with van der Waals surface area (Å²) in [5.74, 6) is -3.39. The molecule has 0 unspecified atom stereocenters. The lowest BCUT2D eigenvalue weighted by Crippen LogP contribution is -2.43. The number of halogens is 4. The maximum atomic E-state index is 13.5. The molecule has 4 aromatic carbocycles. The van der Waals surface area contributed by atoms with E-state index in [4.69, 9.17) is 66.1 Å². The van der Waals surface area contributed by atoms with Crippen molar-refractivity contribution in [1.29, 1.82) is 0 Å². The van der Waals surface area contributed by atoms with Crippen LogP contribution in [0.4, 0.5) is 0 Å². The third-order valence-electron chi connectivity index (χ3n) is 11.4. The highest BCUT2D eigenvalue weighted by Crippen LogP contribution is 2.50. The van der Waals surface area contributed by atoms with E-state index < -0.39 is 36.9 Å². The molecule has 0 bridgehead atoms. The van der Waals surface area contributed by atoms with Gasteiger partial charge in [-0.15, -0.1) is 0 Å². The molecule has 2 heterocycles. The summed E-state index contributed by atoms with van der Waals surface area (Å²) in [6, 6.07) is 18.2. The summed E-state index contributed by atoms with van der Waals surface area (Å²) in [6.45, 7) is 0.232. The van der Waals surface area contributed by atoms with Gasteiger partial charge in [-0.05, 0) is 73.2 Å². The standard InChI is InChI=1S/C48H46Cl4N4O10S/c1-65-35-9-5-3-7-29(35)33-23-37(45(51)43(49)31(33)11-13-39(57)55-19-15-27(16-20-55)47(63)53-25-41(59)60)67-38-24-34(30-8-4-6-10-36(30)66-2)32(44(50)46(38)52)12-14-40(58)56-21-17-28(18-22-56)48(64)54-26-42(61)62/h3-14,23-24,27-28H,15-22,25-26H2,1-2H3,(H,53,63)(H,54,64)(H,59,60)(H,61,62). The lowest BCUT2D eigenvalue weighted by atomic mass is 9.95. The van der Waals surface area contributed by atoms with E-state index in [9.17, 15) is 28.8 Å². The monoisotopic (exact) mass is 1010 g/mol. The van der Waals surface area contributed by atoms with Crippen LogP contribution in [0.15, 0.2) is 82.6 Å². The normalized spacial score (nSPS) is 14.6. The van der Waals surface area contributed by atoms with Gasteiger partial charge in [0.15, 0.2) is 0 Å². The first-order valence-electron chi connectivity index (χ1n) is 21.0. The quantitative estimate of drug-likeness (QED) is 0.0786. The number of hydrogen-bond donors (Lipinski definition) is 4. The number of nitrogens with one attached hydrogen (secondary N) is 2. The Kier molecular flexibility index (Phi) is 17.7. The second-order valence-corrected chi connectivity index (χ2v) is 18.1. The molecule has 0 aromatic heterocycles. The number of likely N-dealkylation sites (tertiary alicyclic amines) is 2. The molecule has 4 N–H and O–H groups in total. The zero-order valence-corrected chi connectivity index (χ0v) is 40.1. The lowest BCUT2D eigenvalue weighted by molar-refractivity contribution is -0.139. The van der Waals surface area contributed by atoms with Gasteiger partial charge >= 0.3 is 11.9 Å². The SMILES string of the molecule is COc1ccccc1-c1cc(Sc2cc(-c3ccccc3OC)c(C=CC(=O)N3CCC(C(=O)NCC(=O)O)CC3)c(Cl)c2Cl)c(Cl)c(Cl)c1C=CC(=O)N1CCC(C(=O)NCC(=O)O)CC1. The Morgan fingerprint density at radius 1 is 0.597 bits per heavy atom. The average molecular weight is 1010 g/mol. The van der Waals surface area contributed by atoms with Crippen LogP contribution < -0.4 is 20.1 Å². The van der Waals surface area contributed by atoms with Crippen LogP contribution in [-0.4, -0.2) is 109 Å². The molecule has 4 amide bonds. The Hall–Kier alpha value is -5.71. The number of carbonyl (C=O) groups is 6. The third-order valence-corrected chi connectivity index (χ3v) is 14.5. The predicted molar refractivity (Wildman–Crippen MR) is 259 cm³/mol. The number of hydrogen-bond acceptors (Lipinski definition) is 9. The van der Waals surface area contributed by atoms with Crippen LogP contribution in [0, 0.1) is 11.8 Å². The first-order valence-corrected chi connectivity index (χ1v) is 23.4. The fourth-order valence-electron chi connectivity index (χ4n) is 7.86. The van der Waals surface area contributed by atoms with Gasteiger partial charge in [0, 0.05) is 82.2 Å². The van der Waals surface area contributed by atoms with E-state index in [-0.39, 0.29) is 43.7 Å². The number of carboxylic acid groups (broad SMARTS) is 2. The van der Waals surface area contributed by atoms with Crippen molar-refractivity contribution in [3.63, 3.8) is 0 Å². The van der Waals surface area contributed by atoms with E-state index in [2.05, 4.69) is 10.6 Å². The molecule has 2 fully saturated rings. The summed E-state index contributed by atoms with van der Waals surface area (Å²) < 4.78 is 11.5. The number of para-hydroxylation sites is 2. The van der Waals surface area contributed by atoms with Crippen molar-refractivity contribution in [2.24, 2.45) is 11.8 Å². The van der Waals surface area contributed by atoms with E-state index in [1.165, 1.54) is 38.1 Å². The minimum absolute atomic E-state index is 0.139. The maximum Gasteiger partial charge on any atom is 0.322 e. The van der Waals surface area contributed by atoms with Crippen LogP contribution in [0.5, 0.6) is 11.5 Å². The molecule has 0 spiro atoms. The predicted octanol–water partition coefficient (Wildman–Crippen LogP) is 8.71. The fourth-order valence-corrected chi connectivity index (χ4v) is 10.0. The van der Waals surface area contributed by atoms with Gasteiger partial charge in [-0.2, -0.15) is 0 Å². The molecule has 0 atom stereocenters. The molecule has 352 valence electrons. The molecule has 2 aliphatic rings. The molecule has 0 saturated carbocycles. The van der Waals surface area contributed by atoms with Crippen molar-refractivity contribution in [2.75, 3.05) is 53.5 Å². The number of amides is 4. The van der Waals surface area contributed by atoms with Crippen molar-refractivity contribution in [3.8, 4) is 33.8 Å². The van der Waals surface area contributed by atoms with Gasteiger partial charge in [0.05, 0.1) is 34.3 Å². The smallest absolute Gasteiger partial charge is 0.322 e. The zero-order valence-electron chi connectivity index (χ0n) is 36.3. The second kappa shape index (κ2) is 23.3. The van der Waals surface area contributed by atoms with Crippen LogP contribution in [-0.2, 0) is 28.8 Å². The van der Waals surface area contributed by atoms with Crippen molar-refractivity contribution < 1.29 is 48.5 Å². The van der Waals surface area contributed by atoms with Crippen molar-refractivity contribution in [1.82, 2.24) is 20.4 Å². The molecule has 0 aliphatic carbocycles. The van der Waals surface area contributed by atoms with Gasteiger partial charge in [-0.25, -0.2) is 0 Å². The molecule has 0 radical (unpaired) electrons. The van der Waals surface area contributed by atoms with E-state index in [0.717, 1.165) is 0 Å². The van der Waals surface area contributed by atoms with Crippen LogP contribution in [0.3, 0.4) is 0 Å². The molecule has 4 aromatic rings. The first kappa shape index (κ1) is 50.7. The summed E-state index contributed by atoms with van der Waals surface area (Å²) in [5, 5.41) is 23.2. The third kappa shape index (κ3) is 12.4. The highest BCUT2D eigenvalue weighted by molar-refractivity contribution is 7.99. The average Bonchev–Trinajstić information content (AvgIpc) is 3.34. The fraction of sp³-hybridized carbons (Fsp3) is 0.292. The van der Waals surface area contributed by atoms with Crippen LogP contribution in [0.25, 0.3) is 34.4 Å². The number of ether oxygens (including phenoxy) is 2. The van der Waals surface area contributed by atoms with Crippen LogP contribution in [0.2, 0.25) is 20.1 Å². The Morgan fingerprint density at radius 3 is 1.30 bits per heavy atom. The van der Waals surface area contributed by atoms with E-state index in [1.807, 2.05) is 48.5 Å². The molecule has 67 heavy (non-hydrogen) atoms. The van der Waals surface area contributed by atoms with Crippen molar-refractivity contribution in [3.05, 3.63) is 104 Å². The maximum absolute atomic E-state index is 13.5. The van der Waals surface area contributed by atoms with Gasteiger partial charge in [-0.1, -0.05) is 94.6 Å². The topological polar surface area (TPSA) is 192 Å². The van der Waals surface area contributed by atoms with E-state index >= 15 is 0 Å². The minimum atomic E-state index is -1.14. The van der Waals surface area contributed by atoms with E-state index in [0.29, 0.717) is 107 Å². The summed E-state index contributed by atoms with van der Waals surface area (Å²) >= 11 is 29.6.